The number of carbonyl (C=O) groups is 3. The van der Waals surface area contributed by atoms with Gasteiger partial charge in [0, 0.05) is 87.4 Å². The lowest BCUT2D eigenvalue weighted by molar-refractivity contribution is -0.106. The van der Waals surface area contributed by atoms with Crippen LogP contribution in [-0.2, 0) is 9.53 Å². The number of benzene rings is 2. The number of hydrogen-bond acceptors (Lipinski definition) is 11. The normalized spacial score (nSPS) is 18.8. The Morgan fingerprint density at radius 2 is 1.35 bits per heavy atom. The molecule has 3 aliphatic rings. The van der Waals surface area contributed by atoms with Crippen LogP contribution < -0.4 is 26.2 Å². The first-order valence-electron chi connectivity index (χ1n) is 16.2. The summed E-state index contributed by atoms with van der Waals surface area (Å²) >= 11 is 0. The Kier molecular flexibility index (Phi) is 11.7. The second-order valence-corrected chi connectivity index (χ2v) is 12.1. The minimum absolute atomic E-state index is 0.0136. The van der Waals surface area contributed by atoms with Crippen LogP contribution in [0.3, 0.4) is 0 Å². The molecule has 0 bridgehead atoms. The summed E-state index contributed by atoms with van der Waals surface area (Å²) in [6.07, 6.45) is 0.250. The van der Waals surface area contributed by atoms with E-state index in [2.05, 4.69) is 57.0 Å². The van der Waals surface area contributed by atoms with Gasteiger partial charge in [-0.05, 0) is 69.6 Å². The number of nitrogens with zero attached hydrogens (tertiary/aromatic N) is 8. The number of rotatable bonds is 6. The van der Waals surface area contributed by atoms with E-state index in [1.807, 2.05) is 29.2 Å². The van der Waals surface area contributed by atoms with Gasteiger partial charge in [0.15, 0.2) is 5.82 Å². The molecule has 48 heavy (non-hydrogen) atoms. The van der Waals surface area contributed by atoms with E-state index in [1.54, 1.807) is 24.3 Å². The minimum Gasteiger partial charge on any atom is -0.378 e. The maximum atomic E-state index is 12.8. The Hall–Kier alpha value is -4.86. The molecular formula is C33H45N11O4. The Morgan fingerprint density at radius 1 is 0.792 bits per heavy atom. The van der Waals surface area contributed by atoms with Crippen LogP contribution in [0.5, 0.6) is 0 Å². The van der Waals surface area contributed by atoms with Crippen LogP contribution in [0.1, 0.15) is 17.3 Å². The molecule has 3 aromatic rings. The number of anilines is 4. The van der Waals surface area contributed by atoms with Gasteiger partial charge in [0.25, 0.3) is 5.91 Å². The topological polar surface area (TPSA) is 165 Å². The van der Waals surface area contributed by atoms with Gasteiger partial charge >= 0.3 is 6.03 Å². The zero-order valence-electron chi connectivity index (χ0n) is 27.8. The number of carbonyl (C=O) groups excluding carboxylic acids is 3. The van der Waals surface area contributed by atoms with Crippen molar-refractivity contribution in [2.24, 2.45) is 5.73 Å². The standard InChI is InChI=1S/C32H42N10O3.CH3NO/c1-23-22-42(17-14-39(23)3)31-36-28(35-30(37-31)41-18-20-45-21-19-41)24-4-8-26(9-5-24)33-32(44)34-27-10-6-25(7-11-27)29(43)40-15-12-38(2)13-16-40;2-1-3/h4-11,23H,12-22H2,1-3H3,(H2,33,34,44);1H,(H2,2,3). The third kappa shape index (κ3) is 8.93. The van der Waals surface area contributed by atoms with Crippen LogP contribution >= 0.6 is 0 Å². The van der Waals surface area contributed by atoms with E-state index in [9.17, 15) is 9.59 Å². The average molecular weight is 660 g/mol. The Balaban J connectivity index is 0.00000145. The number of ether oxygens (including phenoxy) is 1. The molecule has 0 saturated carbocycles. The van der Waals surface area contributed by atoms with Crippen molar-refractivity contribution in [1.29, 1.82) is 0 Å². The summed E-state index contributed by atoms with van der Waals surface area (Å²) in [6, 6.07) is 14.5. The van der Waals surface area contributed by atoms with E-state index < -0.39 is 0 Å². The number of amides is 4. The highest BCUT2D eigenvalue weighted by Crippen LogP contribution is 2.25. The smallest absolute Gasteiger partial charge is 0.323 e. The molecule has 3 saturated heterocycles. The number of aromatic nitrogens is 3. The van der Waals surface area contributed by atoms with Crippen molar-refractivity contribution in [1.82, 2.24) is 29.7 Å². The van der Waals surface area contributed by atoms with E-state index in [0.29, 0.717) is 53.9 Å². The molecule has 0 aliphatic carbocycles. The van der Waals surface area contributed by atoms with Crippen molar-refractivity contribution in [3.8, 4) is 11.4 Å². The van der Waals surface area contributed by atoms with Gasteiger partial charge in [-0.3, -0.25) is 9.59 Å². The van der Waals surface area contributed by atoms with Gasteiger partial charge in [0.2, 0.25) is 18.3 Å². The lowest BCUT2D eigenvalue weighted by atomic mass is 10.1. The summed E-state index contributed by atoms with van der Waals surface area (Å²) in [5, 5.41) is 5.72. The van der Waals surface area contributed by atoms with E-state index in [-0.39, 0.29) is 18.3 Å². The van der Waals surface area contributed by atoms with Gasteiger partial charge in [-0.2, -0.15) is 15.0 Å². The first-order valence-corrected chi connectivity index (χ1v) is 16.2. The van der Waals surface area contributed by atoms with Crippen LogP contribution in [0.25, 0.3) is 11.4 Å². The molecule has 1 unspecified atom stereocenters. The van der Waals surface area contributed by atoms with Gasteiger partial charge in [-0.25, -0.2) is 4.79 Å². The molecule has 6 rings (SSSR count). The largest absolute Gasteiger partial charge is 0.378 e. The van der Waals surface area contributed by atoms with Crippen molar-refractivity contribution < 1.29 is 19.1 Å². The number of primary amides is 1. The van der Waals surface area contributed by atoms with Crippen LogP contribution in [0.4, 0.5) is 28.1 Å². The minimum atomic E-state index is -0.373. The van der Waals surface area contributed by atoms with E-state index in [4.69, 9.17) is 24.5 Å². The lowest BCUT2D eigenvalue weighted by Crippen LogP contribution is -2.50. The molecule has 1 aromatic heterocycles. The Morgan fingerprint density at radius 3 is 1.94 bits per heavy atom. The number of urea groups is 1. The van der Waals surface area contributed by atoms with Crippen LogP contribution in [0.2, 0.25) is 0 Å². The van der Waals surface area contributed by atoms with Gasteiger partial charge in [0.1, 0.15) is 0 Å². The molecule has 15 heteroatoms. The van der Waals surface area contributed by atoms with E-state index in [0.717, 1.165) is 64.5 Å². The lowest BCUT2D eigenvalue weighted by Gasteiger charge is -2.38. The van der Waals surface area contributed by atoms with Crippen molar-refractivity contribution in [3.63, 3.8) is 0 Å². The number of nitrogens with two attached hydrogens (primary N) is 1. The molecule has 4 N–H and O–H groups in total. The summed E-state index contributed by atoms with van der Waals surface area (Å²) in [4.78, 5) is 59.6. The molecule has 4 heterocycles. The fourth-order valence-corrected chi connectivity index (χ4v) is 5.64. The van der Waals surface area contributed by atoms with Crippen molar-refractivity contribution >= 4 is 41.6 Å². The molecule has 2 aromatic carbocycles. The fraction of sp³-hybridized carbons (Fsp3) is 0.455. The van der Waals surface area contributed by atoms with Crippen LogP contribution in [-0.4, -0.2) is 140 Å². The second-order valence-electron chi connectivity index (χ2n) is 12.1. The summed E-state index contributed by atoms with van der Waals surface area (Å²) < 4.78 is 5.55. The maximum Gasteiger partial charge on any atom is 0.323 e. The molecular weight excluding hydrogens is 614 g/mol. The molecule has 1 atom stereocenters. The highest BCUT2D eigenvalue weighted by atomic mass is 16.5. The highest BCUT2D eigenvalue weighted by molar-refractivity contribution is 6.00. The van der Waals surface area contributed by atoms with Crippen molar-refractivity contribution in [2.45, 2.75) is 13.0 Å². The zero-order chi connectivity index (χ0) is 34.0. The van der Waals surface area contributed by atoms with Crippen molar-refractivity contribution in [2.75, 3.05) is 107 Å². The molecule has 256 valence electrons. The second kappa shape index (κ2) is 16.3. The van der Waals surface area contributed by atoms with Gasteiger partial charge in [-0.15, -0.1) is 0 Å². The summed E-state index contributed by atoms with van der Waals surface area (Å²) in [6.45, 7) is 10.8. The monoisotopic (exact) mass is 659 g/mol. The SMILES string of the molecule is CC1CN(c2nc(-c3ccc(NC(=O)Nc4ccc(C(=O)N5CCN(C)CC5)cc4)cc3)nc(N3CCOCC3)n2)CCN1C.NC=O. The fourth-order valence-electron chi connectivity index (χ4n) is 5.64. The first kappa shape index (κ1) is 34.5. The number of hydrogen-bond donors (Lipinski definition) is 3. The predicted octanol–water partition coefficient (Wildman–Crippen LogP) is 1.65. The third-order valence-electron chi connectivity index (χ3n) is 8.73. The van der Waals surface area contributed by atoms with E-state index >= 15 is 0 Å². The molecule has 15 nitrogen and oxygen atoms in total. The molecule has 4 amide bonds. The summed E-state index contributed by atoms with van der Waals surface area (Å²) in [5.41, 5.74) is 6.85. The number of likely N-dealkylation sites (N-methyl/N-ethyl adjacent to an activating group) is 2. The molecule has 3 aliphatic heterocycles. The molecule has 0 radical (unpaired) electrons. The molecule has 3 fully saturated rings. The van der Waals surface area contributed by atoms with Gasteiger partial charge < -0.3 is 45.6 Å². The van der Waals surface area contributed by atoms with Gasteiger partial charge in [0.05, 0.1) is 13.2 Å². The quantitative estimate of drug-likeness (QED) is 0.330. The Labute approximate surface area is 281 Å². The Bertz CT molecular complexity index is 1530. The number of piperazine rings is 2. The predicted molar refractivity (Wildman–Crippen MR) is 185 cm³/mol. The number of morpholine rings is 1. The van der Waals surface area contributed by atoms with Gasteiger partial charge in [-0.1, -0.05) is 0 Å². The zero-order valence-corrected chi connectivity index (χ0v) is 27.8. The highest BCUT2D eigenvalue weighted by Gasteiger charge is 2.25. The first-order chi connectivity index (χ1) is 23.2. The van der Waals surface area contributed by atoms with Crippen LogP contribution in [0.15, 0.2) is 48.5 Å². The van der Waals surface area contributed by atoms with E-state index in [1.165, 1.54) is 0 Å². The maximum absolute atomic E-state index is 12.8. The summed E-state index contributed by atoms with van der Waals surface area (Å²) in [7, 11) is 4.20. The van der Waals surface area contributed by atoms with Crippen molar-refractivity contribution in [3.05, 3.63) is 54.1 Å². The number of nitrogens with one attached hydrogen (secondary N) is 2. The summed E-state index contributed by atoms with van der Waals surface area (Å²) in [5.74, 6) is 1.94. The average Bonchev–Trinajstić information content (AvgIpc) is 3.10. The third-order valence-corrected chi connectivity index (χ3v) is 8.73. The molecule has 0 spiro atoms. The van der Waals surface area contributed by atoms with Crippen LogP contribution in [0, 0.1) is 0 Å².